The second-order valence-corrected chi connectivity index (χ2v) is 16.4. The van der Waals surface area contributed by atoms with Crippen molar-refractivity contribution in [1.29, 1.82) is 0 Å². The minimum atomic E-state index is -0.480. The van der Waals surface area contributed by atoms with Gasteiger partial charge in [0.2, 0.25) is 0 Å². The lowest BCUT2D eigenvalue weighted by Crippen LogP contribution is -2.36. The van der Waals surface area contributed by atoms with E-state index in [4.69, 9.17) is 37.9 Å². The number of rotatable bonds is 23. The number of carbonyl (C=O) groups is 2. The number of aromatic nitrogens is 1. The van der Waals surface area contributed by atoms with Crippen LogP contribution in [0.2, 0.25) is 0 Å². The predicted octanol–water partition coefficient (Wildman–Crippen LogP) is 8.93. The predicted molar refractivity (Wildman–Crippen MR) is 248 cm³/mol. The molecule has 4 aromatic carbocycles. The summed E-state index contributed by atoms with van der Waals surface area (Å²) in [6, 6.07) is 24.1. The number of nitrogens with one attached hydrogen (secondary N) is 2. The van der Waals surface area contributed by atoms with E-state index in [0.29, 0.717) is 118 Å². The lowest BCUT2D eigenvalue weighted by Gasteiger charge is -2.26. The highest BCUT2D eigenvalue weighted by atomic mass is 16.6. The van der Waals surface area contributed by atoms with E-state index in [1.165, 1.54) is 7.11 Å². The van der Waals surface area contributed by atoms with Crippen molar-refractivity contribution in [1.82, 2.24) is 9.88 Å². The summed E-state index contributed by atoms with van der Waals surface area (Å²) in [6.07, 6.45) is 3.30. The SMILES string of the molecule is COCCOCCOCCOc1cc(Cc2cc(Oc3ccc(NC(=O)Nc4cc(C(C)(C)C)cc(C(=O)CCCN5CCOCC5)c4OC)c4ccccc34)ccn2)cc(OC)c1. The van der Waals surface area contributed by atoms with Crippen LogP contribution in [0.4, 0.5) is 16.2 Å². The fourth-order valence-electron chi connectivity index (χ4n) is 7.32. The molecule has 2 N–H and O–H groups in total. The summed E-state index contributed by atoms with van der Waals surface area (Å²) in [7, 11) is 4.78. The van der Waals surface area contributed by atoms with Crippen LogP contribution in [0.3, 0.4) is 0 Å². The first-order chi connectivity index (χ1) is 31.0. The van der Waals surface area contributed by atoms with Gasteiger partial charge in [0.15, 0.2) is 11.5 Å². The number of fused-ring (bicyclic) bond motifs is 1. The number of hydrogen-bond acceptors (Lipinski definition) is 12. The maximum Gasteiger partial charge on any atom is 0.323 e. The van der Waals surface area contributed by atoms with Gasteiger partial charge in [-0.1, -0.05) is 45.0 Å². The zero-order valence-electron chi connectivity index (χ0n) is 38.0. The molecule has 1 saturated heterocycles. The smallest absolute Gasteiger partial charge is 0.323 e. The topological polar surface area (TPSA) is 148 Å². The van der Waals surface area contributed by atoms with Crippen LogP contribution in [0.5, 0.6) is 28.7 Å². The minimum Gasteiger partial charge on any atom is -0.497 e. The largest absolute Gasteiger partial charge is 0.497 e. The van der Waals surface area contributed by atoms with Gasteiger partial charge in [-0.3, -0.25) is 14.7 Å². The number of carbonyl (C=O) groups excluding carboxylic acids is 2. The number of benzene rings is 4. The molecule has 1 aliphatic rings. The molecule has 0 spiro atoms. The van der Waals surface area contributed by atoms with Crippen molar-refractivity contribution in [3.63, 3.8) is 0 Å². The molecule has 0 aliphatic carbocycles. The van der Waals surface area contributed by atoms with Gasteiger partial charge >= 0.3 is 6.03 Å². The molecular formula is C50H62N4O10. The van der Waals surface area contributed by atoms with Crippen LogP contribution in [0.1, 0.15) is 60.8 Å². The highest BCUT2D eigenvalue weighted by Gasteiger charge is 2.24. The molecule has 1 fully saturated rings. The van der Waals surface area contributed by atoms with E-state index in [9.17, 15) is 9.59 Å². The highest BCUT2D eigenvalue weighted by molar-refractivity contribution is 6.09. The molecule has 14 nitrogen and oxygen atoms in total. The van der Waals surface area contributed by atoms with E-state index in [0.717, 1.165) is 47.2 Å². The molecule has 5 aromatic rings. The average molecular weight is 879 g/mol. The number of urea groups is 1. The Morgan fingerprint density at radius 3 is 2.20 bits per heavy atom. The van der Waals surface area contributed by atoms with Crippen molar-refractivity contribution in [3.05, 3.63) is 107 Å². The van der Waals surface area contributed by atoms with Crippen molar-refractivity contribution in [2.45, 2.75) is 45.4 Å². The number of morpholine rings is 1. The normalized spacial score (nSPS) is 13.1. The summed E-state index contributed by atoms with van der Waals surface area (Å²) in [5.41, 5.74) is 3.80. The molecule has 0 bridgehead atoms. The first-order valence-corrected chi connectivity index (χ1v) is 21.8. The van der Waals surface area contributed by atoms with Gasteiger partial charge in [-0.2, -0.15) is 0 Å². The van der Waals surface area contributed by atoms with Crippen molar-refractivity contribution in [2.24, 2.45) is 0 Å². The molecule has 0 atom stereocenters. The molecule has 2 heterocycles. The van der Waals surface area contributed by atoms with Crippen molar-refractivity contribution in [2.75, 3.05) is 104 Å². The van der Waals surface area contributed by atoms with E-state index < -0.39 is 6.03 Å². The van der Waals surface area contributed by atoms with Gasteiger partial charge in [0.1, 0.15) is 29.6 Å². The summed E-state index contributed by atoms with van der Waals surface area (Å²) < 4.78 is 45.3. The third-order valence-electron chi connectivity index (χ3n) is 10.7. The Labute approximate surface area is 376 Å². The Kier molecular flexibility index (Phi) is 17.7. The summed E-state index contributed by atoms with van der Waals surface area (Å²) in [5, 5.41) is 7.59. The standard InChI is InChI=1S/C50H62N4O10/c1-50(2,3)36-31-43(46(55)12-9-17-54-18-20-60-21-19-54)48(59-6)45(32-36)53-49(56)52-44-13-14-47(42-11-8-7-10-41(42)44)64-38-15-16-51-37(33-38)28-35-29-39(58-5)34-40(30-35)63-27-26-62-25-24-61-23-22-57-4/h7-8,10-11,13-16,29-34H,9,12,17-28H2,1-6H3,(H2,52,53,56). The van der Waals surface area contributed by atoms with E-state index in [-0.39, 0.29) is 11.2 Å². The van der Waals surface area contributed by atoms with Gasteiger partial charge < -0.3 is 48.5 Å². The molecule has 0 radical (unpaired) electrons. The number of nitrogens with zero attached hydrogens (tertiary/aromatic N) is 2. The quantitative estimate of drug-likeness (QED) is 0.0477. The van der Waals surface area contributed by atoms with Gasteiger partial charge in [-0.15, -0.1) is 0 Å². The van der Waals surface area contributed by atoms with Crippen LogP contribution in [-0.4, -0.2) is 116 Å². The molecule has 14 heteroatoms. The second-order valence-electron chi connectivity index (χ2n) is 16.4. The molecule has 2 amide bonds. The zero-order chi connectivity index (χ0) is 45.3. The molecule has 0 saturated carbocycles. The van der Waals surface area contributed by atoms with Gasteiger partial charge in [0, 0.05) is 67.8 Å². The Hall–Kier alpha value is -5.77. The zero-order valence-corrected chi connectivity index (χ0v) is 38.0. The van der Waals surface area contributed by atoms with Crippen LogP contribution in [0.15, 0.2) is 85.1 Å². The van der Waals surface area contributed by atoms with E-state index in [1.54, 1.807) is 20.4 Å². The lowest BCUT2D eigenvalue weighted by atomic mass is 9.84. The van der Waals surface area contributed by atoms with Gasteiger partial charge in [0.25, 0.3) is 0 Å². The van der Waals surface area contributed by atoms with Crippen LogP contribution in [0, 0.1) is 0 Å². The van der Waals surface area contributed by atoms with Crippen molar-refractivity contribution in [3.8, 4) is 28.7 Å². The third-order valence-corrected chi connectivity index (χ3v) is 10.7. The van der Waals surface area contributed by atoms with Crippen LogP contribution in [0.25, 0.3) is 10.8 Å². The Balaban J connectivity index is 1.11. The van der Waals surface area contributed by atoms with E-state index in [1.807, 2.05) is 78.9 Å². The fourth-order valence-corrected chi connectivity index (χ4v) is 7.32. The Morgan fingerprint density at radius 1 is 0.750 bits per heavy atom. The summed E-state index contributed by atoms with van der Waals surface area (Å²) in [5.74, 6) is 2.85. The van der Waals surface area contributed by atoms with Gasteiger partial charge in [-0.05, 0) is 72.0 Å². The highest BCUT2D eigenvalue weighted by Crippen LogP contribution is 2.38. The first-order valence-electron chi connectivity index (χ1n) is 21.8. The number of hydrogen-bond donors (Lipinski definition) is 2. The summed E-state index contributed by atoms with van der Waals surface area (Å²) >= 11 is 0. The number of ketones is 1. The molecule has 1 aliphatic heterocycles. The monoisotopic (exact) mass is 878 g/mol. The van der Waals surface area contributed by atoms with E-state index in [2.05, 4.69) is 41.3 Å². The van der Waals surface area contributed by atoms with Crippen LogP contribution >= 0.6 is 0 Å². The van der Waals surface area contributed by atoms with Crippen LogP contribution in [-0.2, 0) is 30.8 Å². The third kappa shape index (κ3) is 13.9. The number of amides is 2. The molecule has 342 valence electrons. The van der Waals surface area contributed by atoms with Crippen LogP contribution < -0.4 is 29.6 Å². The Morgan fingerprint density at radius 2 is 1.47 bits per heavy atom. The number of anilines is 2. The fraction of sp³-hybridized carbons (Fsp3) is 0.420. The lowest BCUT2D eigenvalue weighted by molar-refractivity contribution is 0.0179. The first kappa shape index (κ1) is 47.7. The second kappa shape index (κ2) is 23.8. The number of pyridine rings is 1. The summed E-state index contributed by atoms with van der Waals surface area (Å²) in [6.45, 7) is 13.0. The average Bonchev–Trinajstić information content (AvgIpc) is 3.29. The molecule has 1 aromatic heterocycles. The number of methoxy groups -OCH3 is 3. The number of ether oxygens (including phenoxy) is 8. The number of Topliss-reactive ketones (excluding diaryl/α,β-unsaturated/α-hetero) is 1. The molecule has 6 rings (SSSR count). The molecule has 64 heavy (non-hydrogen) atoms. The van der Waals surface area contributed by atoms with Crippen molar-refractivity contribution < 1.29 is 47.5 Å². The Bertz CT molecular complexity index is 2310. The maximum absolute atomic E-state index is 13.8. The molecular weight excluding hydrogens is 817 g/mol. The minimum absolute atomic E-state index is 0.0312. The summed E-state index contributed by atoms with van der Waals surface area (Å²) in [4.78, 5) is 34.4. The maximum atomic E-state index is 13.8. The van der Waals surface area contributed by atoms with Gasteiger partial charge in [0.05, 0.1) is 77.4 Å². The molecule has 0 unspecified atom stereocenters. The van der Waals surface area contributed by atoms with Crippen molar-refractivity contribution >= 4 is 34.0 Å². The van der Waals surface area contributed by atoms with Gasteiger partial charge in [-0.25, -0.2) is 4.79 Å². The van der Waals surface area contributed by atoms with E-state index >= 15 is 0 Å².